The summed E-state index contributed by atoms with van der Waals surface area (Å²) in [6.45, 7) is 6.44. The average Bonchev–Trinajstić information content (AvgIpc) is 3.45. The lowest BCUT2D eigenvalue weighted by Gasteiger charge is -2.65. The van der Waals surface area contributed by atoms with Crippen LogP contribution in [0.15, 0.2) is 48.9 Å². The van der Waals surface area contributed by atoms with E-state index in [9.17, 15) is 14.7 Å². The fraction of sp³-hybridized carbons (Fsp3) is 0.610. The van der Waals surface area contributed by atoms with E-state index in [1.165, 1.54) is 32.6 Å². The Balaban J connectivity index is 0.860. The third-order valence-electron chi connectivity index (χ3n) is 11.5. The Morgan fingerprint density at radius 1 is 0.889 bits per heavy atom. The third kappa shape index (κ3) is 9.72. The molecular formula is C41H57N3O10. The number of cyclic esters (lactones) is 1. The summed E-state index contributed by atoms with van der Waals surface area (Å²) in [5.41, 5.74) is 2.57. The van der Waals surface area contributed by atoms with E-state index in [-0.39, 0.29) is 42.2 Å². The van der Waals surface area contributed by atoms with Gasteiger partial charge in [-0.25, -0.2) is 4.79 Å². The fourth-order valence-corrected chi connectivity index (χ4v) is 10.3. The Morgan fingerprint density at radius 2 is 1.56 bits per heavy atom. The molecule has 1 heterocycles. The lowest BCUT2D eigenvalue weighted by molar-refractivity contribution is -0.180. The maximum Gasteiger partial charge on any atom is 0.412 e. The summed E-state index contributed by atoms with van der Waals surface area (Å²) >= 11 is 0. The van der Waals surface area contributed by atoms with Gasteiger partial charge in [0.05, 0.1) is 53.3 Å². The van der Waals surface area contributed by atoms with E-state index < -0.39 is 12.5 Å². The van der Waals surface area contributed by atoms with Gasteiger partial charge in [-0.15, -0.1) is 0 Å². The first-order chi connectivity index (χ1) is 25.9. The number of ether oxygens (including phenoxy) is 7. The molecule has 2 aromatic carbocycles. The zero-order chi connectivity index (χ0) is 38.3. The zero-order valence-electron chi connectivity index (χ0n) is 32.2. The number of methoxy groups -OCH3 is 3. The molecule has 5 atom stereocenters. The van der Waals surface area contributed by atoms with Crippen LogP contribution in [0.1, 0.15) is 63.5 Å². The van der Waals surface area contributed by atoms with Gasteiger partial charge in [-0.05, 0) is 104 Å². The highest BCUT2D eigenvalue weighted by Gasteiger charge is 2.60. The van der Waals surface area contributed by atoms with E-state index in [0.29, 0.717) is 60.7 Å². The zero-order valence-corrected chi connectivity index (χ0v) is 32.2. The van der Waals surface area contributed by atoms with Crippen LogP contribution in [0.25, 0.3) is 0 Å². The number of carbonyl (C=O) groups excluding carboxylic acids is 2. The van der Waals surface area contributed by atoms with Crippen molar-refractivity contribution in [3.8, 4) is 23.0 Å². The van der Waals surface area contributed by atoms with Crippen molar-refractivity contribution in [2.75, 3.05) is 54.2 Å². The molecule has 296 valence electrons. The van der Waals surface area contributed by atoms with Crippen LogP contribution >= 0.6 is 0 Å². The van der Waals surface area contributed by atoms with Crippen LogP contribution in [0, 0.1) is 28.6 Å². The van der Waals surface area contributed by atoms with E-state index in [4.69, 9.17) is 33.2 Å². The van der Waals surface area contributed by atoms with Crippen LogP contribution in [-0.2, 0) is 31.8 Å². The second kappa shape index (κ2) is 17.1. The number of carbonyl (C=O) groups is 2. The summed E-state index contributed by atoms with van der Waals surface area (Å²) < 4.78 is 38.3. The van der Waals surface area contributed by atoms with Gasteiger partial charge in [0.15, 0.2) is 23.0 Å². The van der Waals surface area contributed by atoms with Crippen molar-refractivity contribution in [3.63, 3.8) is 0 Å². The van der Waals surface area contributed by atoms with E-state index in [1.54, 1.807) is 32.6 Å². The van der Waals surface area contributed by atoms with E-state index in [0.717, 1.165) is 36.3 Å². The van der Waals surface area contributed by atoms with Crippen molar-refractivity contribution in [1.82, 2.24) is 16.0 Å². The average molecular weight is 752 g/mol. The van der Waals surface area contributed by atoms with Gasteiger partial charge in [0, 0.05) is 24.2 Å². The Kier molecular flexibility index (Phi) is 12.5. The molecule has 2 aromatic rings. The van der Waals surface area contributed by atoms with Gasteiger partial charge in [0.1, 0.15) is 6.61 Å². The molecule has 1 aliphatic heterocycles. The third-order valence-corrected chi connectivity index (χ3v) is 11.5. The first-order valence-corrected chi connectivity index (χ1v) is 19.0. The highest BCUT2D eigenvalue weighted by Crippen LogP contribution is 2.66. The van der Waals surface area contributed by atoms with E-state index >= 15 is 0 Å². The SMILES string of the molecule is COc1ccc(C[C@H]2COC(=O)[C@@H]2Cc2ccc(OC(=O)NCCO/C=C/NCCOC(O)NC34CC5CC(C)(CC(C)(C5)C3)C4)c(OC)c2)cc1OC. The predicted molar refractivity (Wildman–Crippen MR) is 200 cm³/mol. The topological polar surface area (TPSA) is 155 Å². The highest BCUT2D eigenvalue weighted by molar-refractivity contribution is 5.75. The quantitative estimate of drug-likeness (QED) is 0.0655. The monoisotopic (exact) mass is 751 g/mol. The molecule has 0 radical (unpaired) electrons. The molecule has 1 amide bonds. The van der Waals surface area contributed by atoms with E-state index in [2.05, 4.69) is 29.8 Å². The molecular weight excluding hydrogens is 694 g/mol. The number of amides is 1. The molecule has 13 heteroatoms. The molecule has 5 fully saturated rings. The lowest BCUT2D eigenvalue weighted by Crippen LogP contribution is -2.66. The first kappa shape index (κ1) is 39.5. The van der Waals surface area contributed by atoms with Gasteiger partial charge < -0.3 is 48.9 Å². The normalized spacial score (nSPS) is 28.8. The summed E-state index contributed by atoms with van der Waals surface area (Å²) in [6.07, 6.45) is 9.82. The van der Waals surface area contributed by atoms with Gasteiger partial charge in [-0.2, -0.15) is 0 Å². The van der Waals surface area contributed by atoms with Gasteiger partial charge >= 0.3 is 12.1 Å². The van der Waals surface area contributed by atoms with Crippen molar-refractivity contribution < 1.29 is 47.9 Å². The summed E-state index contributed by atoms with van der Waals surface area (Å²) in [6, 6.07) is 11.0. The van der Waals surface area contributed by atoms with Crippen molar-refractivity contribution in [3.05, 3.63) is 60.0 Å². The minimum atomic E-state index is -0.994. The summed E-state index contributed by atoms with van der Waals surface area (Å²) in [4.78, 5) is 25.2. The smallest absolute Gasteiger partial charge is 0.412 e. The highest BCUT2D eigenvalue weighted by atomic mass is 16.6. The summed E-state index contributed by atoms with van der Waals surface area (Å²) in [5, 5.41) is 19.8. The van der Waals surface area contributed by atoms with Crippen LogP contribution in [-0.4, -0.2) is 83.4 Å². The molecule has 54 heavy (non-hydrogen) atoms. The van der Waals surface area contributed by atoms with Crippen molar-refractivity contribution in [1.29, 1.82) is 0 Å². The van der Waals surface area contributed by atoms with Gasteiger partial charge in [-0.1, -0.05) is 26.0 Å². The predicted octanol–water partition coefficient (Wildman–Crippen LogP) is 5.08. The van der Waals surface area contributed by atoms with E-state index in [1.807, 2.05) is 24.3 Å². The molecule has 13 nitrogen and oxygen atoms in total. The molecule has 4 saturated carbocycles. The number of benzene rings is 2. The van der Waals surface area contributed by atoms with Crippen LogP contribution in [0.3, 0.4) is 0 Å². The van der Waals surface area contributed by atoms with Gasteiger partial charge in [0.25, 0.3) is 0 Å². The Bertz CT molecular complexity index is 1630. The van der Waals surface area contributed by atoms with Crippen LogP contribution in [0.5, 0.6) is 23.0 Å². The molecule has 0 spiro atoms. The standard InChI is InChI=1S/C41H57N3O10/c1-39-20-29-21-40(2,24-39)26-41(22-29,25-39)44-38(47)52-15-11-42-10-13-51-14-12-43-37(46)54-33-9-7-28(19-35(33)50-5)17-31-30(23-53-36(31)45)16-27-6-8-32(48-3)34(18-27)49-4/h6-10,13,18-19,29-31,38,42,44,47H,11-12,14-17,20-26H2,1-5H3,(H,43,46)/b13-10+/t29?,30-,31+,38?,39?,40?,41?/m0/s1. The molecule has 4 bridgehead atoms. The Morgan fingerprint density at radius 3 is 2.24 bits per heavy atom. The number of aliphatic hydroxyl groups is 1. The molecule has 0 aromatic heterocycles. The van der Waals surface area contributed by atoms with Crippen LogP contribution in [0.4, 0.5) is 4.79 Å². The maximum atomic E-state index is 12.7. The fourth-order valence-electron chi connectivity index (χ4n) is 10.3. The maximum absolute atomic E-state index is 12.7. The second-order valence-electron chi connectivity index (χ2n) is 16.3. The van der Waals surface area contributed by atoms with Gasteiger partial charge in [-0.3, -0.25) is 10.1 Å². The summed E-state index contributed by atoms with van der Waals surface area (Å²) in [7, 11) is 4.68. The summed E-state index contributed by atoms with van der Waals surface area (Å²) in [5.74, 6) is 2.05. The number of esters is 1. The molecule has 4 aliphatic carbocycles. The Hall–Kier alpha value is -4.20. The first-order valence-electron chi connectivity index (χ1n) is 19.0. The van der Waals surface area contributed by atoms with Crippen LogP contribution in [0.2, 0.25) is 0 Å². The second-order valence-corrected chi connectivity index (χ2v) is 16.3. The minimum Gasteiger partial charge on any atom is -0.498 e. The molecule has 5 aliphatic rings. The van der Waals surface area contributed by atoms with Crippen LogP contribution < -0.4 is 34.9 Å². The molecule has 4 N–H and O–H groups in total. The Labute approximate surface area is 318 Å². The van der Waals surface area contributed by atoms with Crippen molar-refractivity contribution in [2.24, 2.45) is 28.6 Å². The molecule has 7 rings (SSSR count). The lowest BCUT2D eigenvalue weighted by atomic mass is 9.43. The molecule has 3 unspecified atom stereocenters. The number of rotatable bonds is 19. The van der Waals surface area contributed by atoms with Crippen molar-refractivity contribution in [2.45, 2.75) is 77.2 Å². The number of nitrogens with one attached hydrogen (secondary N) is 3. The van der Waals surface area contributed by atoms with Gasteiger partial charge in [0.2, 0.25) is 6.41 Å². The largest absolute Gasteiger partial charge is 0.498 e. The molecule has 1 saturated heterocycles. The number of hydrogen-bond acceptors (Lipinski definition) is 12. The van der Waals surface area contributed by atoms with Crippen molar-refractivity contribution >= 4 is 12.1 Å². The number of hydrogen-bond donors (Lipinski definition) is 4. The number of aliphatic hydroxyl groups excluding tert-OH is 1. The minimum absolute atomic E-state index is 0.0182.